The molecule has 0 aliphatic heterocycles. The van der Waals surface area contributed by atoms with E-state index in [0.717, 1.165) is 44.9 Å². The number of allylic oxidation sites excluding steroid dienone is 3. The Balaban J connectivity index is 2.55. The molecule has 0 saturated heterocycles. The van der Waals surface area contributed by atoms with Crippen molar-refractivity contribution in [1.29, 1.82) is 0 Å². The summed E-state index contributed by atoms with van der Waals surface area (Å²) in [6.45, 7) is 4.37. The van der Waals surface area contributed by atoms with Gasteiger partial charge in [0, 0.05) is 24.7 Å². The smallest absolute Gasteiger partial charge is 0.268 e. The van der Waals surface area contributed by atoms with Gasteiger partial charge in [-0.3, -0.25) is 14.2 Å². The highest BCUT2D eigenvalue weighted by molar-refractivity contribution is 7.45. The van der Waals surface area contributed by atoms with Crippen LogP contribution in [-0.4, -0.2) is 96.7 Å². The molecule has 56 heavy (non-hydrogen) atoms. The summed E-state index contributed by atoms with van der Waals surface area (Å²) in [6.07, 6.45) is 28.2. The largest absolute Gasteiger partial charge is 0.756 e. The van der Waals surface area contributed by atoms with E-state index in [-0.39, 0.29) is 37.1 Å². The minimum atomic E-state index is -4.64. The molecule has 7 atom stereocenters. The lowest BCUT2D eigenvalue weighted by Gasteiger charge is -2.30. The van der Waals surface area contributed by atoms with Crippen LogP contribution in [0.3, 0.4) is 0 Å². The van der Waals surface area contributed by atoms with Gasteiger partial charge in [0.15, 0.2) is 0 Å². The van der Waals surface area contributed by atoms with Gasteiger partial charge in [-0.25, -0.2) is 0 Å². The molecule has 0 aromatic rings. The number of unbranched alkanes of at least 4 members (excludes halogenated alkanes) is 16. The number of hydrogen-bond donors (Lipinski definition) is 4. The normalized spacial score (nSPS) is 20.5. The number of aliphatic hydroxyl groups excluding tert-OH is 3. The second-order valence-electron chi connectivity index (χ2n) is 17.2. The molecule has 0 spiro atoms. The maximum Gasteiger partial charge on any atom is 0.268 e. The summed E-state index contributed by atoms with van der Waals surface area (Å²) in [7, 11) is 1.14. The topological polar surface area (TPSA) is 165 Å². The molecule has 1 fully saturated rings. The minimum Gasteiger partial charge on any atom is -0.756 e. The number of likely N-dealkylation sites (N-methyl/N-ethyl adjacent to an activating group) is 1. The number of nitrogens with one attached hydrogen (secondary N) is 1. The Hall–Kier alpha value is -1.43. The quantitative estimate of drug-likeness (QED) is 0.0212. The Kier molecular flexibility index (Phi) is 29.6. The second kappa shape index (κ2) is 31.5. The number of ketones is 1. The van der Waals surface area contributed by atoms with E-state index in [4.69, 9.17) is 9.05 Å². The molecular weight excluding hydrogens is 731 g/mol. The maximum atomic E-state index is 13.0. The summed E-state index contributed by atoms with van der Waals surface area (Å²) in [5, 5.41) is 34.6. The van der Waals surface area contributed by atoms with Gasteiger partial charge < -0.3 is 39.1 Å². The molecule has 0 heterocycles. The first-order valence-corrected chi connectivity index (χ1v) is 23.7. The van der Waals surface area contributed by atoms with Gasteiger partial charge in [0.25, 0.3) is 7.82 Å². The Morgan fingerprint density at radius 2 is 1.41 bits per heavy atom. The van der Waals surface area contributed by atoms with Crippen LogP contribution in [0.2, 0.25) is 0 Å². The lowest BCUT2D eigenvalue weighted by molar-refractivity contribution is -0.870. The first-order valence-electron chi connectivity index (χ1n) is 22.3. The average molecular weight is 815 g/mol. The summed E-state index contributed by atoms with van der Waals surface area (Å²) in [6, 6.07) is -0.902. The number of carbonyl (C=O) groups is 2. The fourth-order valence-electron chi connectivity index (χ4n) is 7.14. The van der Waals surface area contributed by atoms with Crippen molar-refractivity contribution in [2.45, 2.75) is 192 Å². The highest BCUT2D eigenvalue weighted by Crippen LogP contribution is 2.38. The molecule has 1 aliphatic carbocycles. The number of phosphoric ester groups is 1. The van der Waals surface area contributed by atoms with Gasteiger partial charge >= 0.3 is 0 Å². The molecule has 1 rings (SSSR count). The number of aliphatic hydroxyl groups is 3. The number of Topliss-reactive ketones (excluding diaryl/α,β-unsaturated/α-hetero) is 1. The standard InChI is InChI=1S/C44H83N2O9P/c1-6-8-10-11-12-13-14-15-16-17-18-19-20-25-29-41(48)40(36-55-56(52,53)54-34-33-46(3,4)5)45-44(51)30-26-22-21-24-28-38-39(43(50)35-42(38)49)32-31-37(47)27-23-9-7-2/h21,24,31-32,37-42,47-49H,6-20,22-23,25-30,33-36H2,1-5H3,(H-,45,51,52,53)/b24-21-,32-31+/t37-,38+,39+,40-,41+,42-/m0/s1. The lowest BCUT2D eigenvalue weighted by atomic mass is 9.90. The van der Waals surface area contributed by atoms with E-state index < -0.39 is 44.7 Å². The molecule has 0 bridgehead atoms. The highest BCUT2D eigenvalue weighted by Gasteiger charge is 2.39. The van der Waals surface area contributed by atoms with E-state index in [1.807, 2.05) is 33.3 Å². The number of quaternary nitrogens is 1. The third-order valence-electron chi connectivity index (χ3n) is 10.8. The zero-order chi connectivity index (χ0) is 41.7. The minimum absolute atomic E-state index is 0.0151. The lowest BCUT2D eigenvalue weighted by Crippen LogP contribution is -2.46. The Morgan fingerprint density at radius 1 is 0.857 bits per heavy atom. The zero-order valence-electron chi connectivity index (χ0n) is 36.1. The number of rotatable bonds is 36. The molecule has 11 nitrogen and oxygen atoms in total. The van der Waals surface area contributed by atoms with Crippen molar-refractivity contribution in [1.82, 2.24) is 5.32 Å². The van der Waals surface area contributed by atoms with E-state index >= 15 is 0 Å². The molecular formula is C44H83N2O9P. The zero-order valence-corrected chi connectivity index (χ0v) is 36.9. The molecule has 1 aliphatic rings. The third-order valence-corrected chi connectivity index (χ3v) is 11.8. The number of phosphoric acid groups is 1. The Labute approximate surface area is 341 Å². The molecule has 1 saturated carbocycles. The third kappa shape index (κ3) is 27.3. The fraction of sp³-hybridized carbons (Fsp3) is 0.864. The van der Waals surface area contributed by atoms with E-state index in [1.54, 1.807) is 12.2 Å². The van der Waals surface area contributed by atoms with E-state index in [9.17, 15) is 34.4 Å². The summed E-state index contributed by atoms with van der Waals surface area (Å²) in [5.41, 5.74) is 0. The van der Waals surface area contributed by atoms with Crippen LogP contribution in [0.4, 0.5) is 0 Å². The van der Waals surface area contributed by atoms with Crippen LogP contribution in [0.25, 0.3) is 0 Å². The van der Waals surface area contributed by atoms with Crippen molar-refractivity contribution in [3.8, 4) is 0 Å². The Morgan fingerprint density at radius 3 is 2.00 bits per heavy atom. The van der Waals surface area contributed by atoms with Crippen LogP contribution in [0.15, 0.2) is 24.3 Å². The molecule has 0 aromatic carbocycles. The highest BCUT2D eigenvalue weighted by atomic mass is 31.2. The van der Waals surface area contributed by atoms with Crippen molar-refractivity contribution < 1.29 is 47.9 Å². The number of nitrogens with zero attached hydrogens (tertiary/aromatic N) is 1. The molecule has 12 heteroatoms. The number of amides is 1. The first-order chi connectivity index (χ1) is 26.7. The first kappa shape index (κ1) is 52.6. The predicted octanol–water partition coefficient (Wildman–Crippen LogP) is 8.09. The molecule has 0 aromatic heterocycles. The van der Waals surface area contributed by atoms with Gasteiger partial charge in [0.2, 0.25) is 5.91 Å². The van der Waals surface area contributed by atoms with Crippen molar-refractivity contribution in [2.24, 2.45) is 11.8 Å². The summed E-state index contributed by atoms with van der Waals surface area (Å²) in [4.78, 5) is 38.0. The number of hydrogen-bond acceptors (Lipinski definition) is 9. The van der Waals surface area contributed by atoms with Crippen LogP contribution in [-0.2, 0) is 23.2 Å². The van der Waals surface area contributed by atoms with E-state index in [0.29, 0.717) is 43.1 Å². The van der Waals surface area contributed by atoms with Crippen LogP contribution in [0.5, 0.6) is 0 Å². The van der Waals surface area contributed by atoms with Crippen LogP contribution in [0, 0.1) is 11.8 Å². The van der Waals surface area contributed by atoms with E-state index in [2.05, 4.69) is 19.2 Å². The van der Waals surface area contributed by atoms with Gasteiger partial charge in [-0.15, -0.1) is 0 Å². The molecule has 1 amide bonds. The van der Waals surface area contributed by atoms with Crippen molar-refractivity contribution in [2.75, 3.05) is 40.9 Å². The van der Waals surface area contributed by atoms with Crippen molar-refractivity contribution in [3.63, 3.8) is 0 Å². The molecule has 328 valence electrons. The monoisotopic (exact) mass is 815 g/mol. The van der Waals surface area contributed by atoms with Gasteiger partial charge in [-0.05, 0) is 32.1 Å². The average Bonchev–Trinajstić information content (AvgIpc) is 3.40. The van der Waals surface area contributed by atoms with Crippen molar-refractivity contribution in [3.05, 3.63) is 24.3 Å². The van der Waals surface area contributed by atoms with Crippen LogP contribution >= 0.6 is 7.82 Å². The summed E-state index contributed by atoms with van der Waals surface area (Å²) < 4.78 is 23.2. The molecule has 4 N–H and O–H groups in total. The van der Waals surface area contributed by atoms with Gasteiger partial charge in [0.1, 0.15) is 18.9 Å². The van der Waals surface area contributed by atoms with Crippen molar-refractivity contribution >= 4 is 19.5 Å². The van der Waals surface area contributed by atoms with Gasteiger partial charge in [0.05, 0.1) is 52.1 Å². The molecule has 0 radical (unpaired) electrons. The van der Waals surface area contributed by atoms with Crippen LogP contribution in [0.1, 0.15) is 168 Å². The van der Waals surface area contributed by atoms with Gasteiger partial charge in [-0.2, -0.15) is 0 Å². The second-order valence-corrected chi connectivity index (χ2v) is 18.6. The molecule has 1 unspecified atom stereocenters. The fourth-order valence-corrected chi connectivity index (χ4v) is 7.86. The van der Waals surface area contributed by atoms with Gasteiger partial charge in [-0.1, -0.05) is 147 Å². The Bertz CT molecular complexity index is 1130. The maximum absolute atomic E-state index is 13.0. The van der Waals surface area contributed by atoms with E-state index in [1.165, 1.54) is 64.2 Å². The summed E-state index contributed by atoms with van der Waals surface area (Å²) in [5.74, 6) is -1.00. The van der Waals surface area contributed by atoms with Crippen LogP contribution < -0.4 is 10.2 Å². The predicted molar refractivity (Wildman–Crippen MR) is 225 cm³/mol. The summed E-state index contributed by atoms with van der Waals surface area (Å²) >= 11 is 0. The number of carbonyl (C=O) groups excluding carboxylic acids is 2. The SMILES string of the molecule is CCCCCCCCCCCCCCCC[C@@H](O)[C@H](COP(=O)([O-])OCC[N+](C)(C)C)NC(=O)CCC/C=C\C[C@H]1[C@@H](O)CC(=O)[C@@H]1/C=C/[C@@H](O)CCCCC.